The normalized spacial score (nSPS) is 18.1. The van der Waals surface area contributed by atoms with E-state index < -0.39 is 0 Å². The molecule has 1 amide bonds. The number of amides is 1. The summed E-state index contributed by atoms with van der Waals surface area (Å²) in [5.41, 5.74) is 3.53. The highest BCUT2D eigenvalue weighted by Gasteiger charge is 2.26. The van der Waals surface area contributed by atoms with Crippen LogP contribution in [0.15, 0.2) is 53.4 Å². The first-order chi connectivity index (χ1) is 12.2. The van der Waals surface area contributed by atoms with Crippen LogP contribution in [0.4, 0.5) is 5.69 Å². The van der Waals surface area contributed by atoms with Crippen LogP contribution in [-0.2, 0) is 11.3 Å². The van der Waals surface area contributed by atoms with E-state index in [1.54, 1.807) is 11.8 Å². The molecule has 0 bridgehead atoms. The molecule has 0 aromatic heterocycles. The summed E-state index contributed by atoms with van der Waals surface area (Å²) in [6, 6.07) is 16.7. The third-order valence-electron chi connectivity index (χ3n) is 4.77. The van der Waals surface area contributed by atoms with E-state index >= 15 is 0 Å². The molecule has 1 aliphatic rings. The Morgan fingerprint density at radius 2 is 1.96 bits per heavy atom. The molecule has 3 nitrogen and oxygen atoms in total. The molecule has 0 aliphatic carbocycles. The van der Waals surface area contributed by atoms with Gasteiger partial charge in [0.1, 0.15) is 0 Å². The molecule has 1 unspecified atom stereocenters. The number of carbonyl (C=O) groups is 1. The van der Waals surface area contributed by atoms with Crippen molar-refractivity contribution < 1.29 is 4.79 Å². The summed E-state index contributed by atoms with van der Waals surface area (Å²) in [7, 11) is 0. The zero-order valence-electron chi connectivity index (χ0n) is 15.0. The van der Waals surface area contributed by atoms with Gasteiger partial charge in [-0.1, -0.05) is 42.0 Å². The molecule has 0 saturated carbocycles. The molecule has 1 atom stereocenters. The summed E-state index contributed by atoms with van der Waals surface area (Å²) in [5.74, 6) is 0.212. The Morgan fingerprint density at radius 1 is 1.20 bits per heavy atom. The lowest BCUT2D eigenvalue weighted by molar-refractivity contribution is -0.121. The van der Waals surface area contributed by atoms with Crippen LogP contribution in [0.5, 0.6) is 0 Å². The Labute approximate surface area is 154 Å². The zero-order chi connectivity index (χ0) is 17.6. The molecule has 3 rings (SSSR count). The number of anilines is 1. The van der Waals surface area contributed by atoms with Crippen molar-refractivity contribution in [2.75, 3.05) is 24.7 Å². The van der Waals surface area contributed by atoms with E-state index in [1.165, 1.54) is 11.1 Å². The predicted molar refractivity (Wildman–Crippen MR) is 106 cm³/mol. The summed E-state index contributed by atoms with van der Waals surface area (Å²) in [4.78, 5) is 16.2. The fourth-order valence-corrected chi connectivity index (χ4v) is 3.90. The number of rotatable bonds is 5. The van der Waals surface area contributed by atoms with Crippen molar-refractivity contribution >= 4 is 23.4 Å². The Hall–Kier alpha value is -1.78. The van der Waals surface area contributed by atoms with Crippen molar-refractivity contribution in [3.05, 3.63) is 59.7 Å². The number of benzene rings is 2. The topological polar surface area (TPSA) is 32.3 Å². The van der Waals surface area contributed by atoms with Crippen LogP contribution in [0.3, 0.4) is 0 Å². The second-order valence-electron chi connectivity index (χ2n) is 6.75. The van der Waals surface area contributed by atoms with Crippen LogP contribution in [0.1, 0.15) is 24.0 Å². The fraction of sp³-hybridized carbons (Fsp3) is 0.381. The summed E-state index contributed by atoms with van der Waals surface area (Å²) >= 11 is 1.66. The number of likely N-dealkylation sites (tertiary alicyclic amines) is 1. The van der Waals surface area contributed by atoms with E-state index in [1.807, 2.05) is 30.5 Å². The number of nitrogens with one attached hydrogen (secondary N) is 1. The number of nitrogens with zero attached hydrogens (tertiary/aromatic N) is 1. The van der Waals surface area contributed by atoms with Crippen LogP contribution in [0.25, 0.3) is 0 Å². The molecule has 0 radical (unpaired) electrons. The first-order valence-corrected chi connectivity index (χ1v) is 10.1. The molecule has 1 saturated heterocycles. The molecule has 25 heavy (non-hydrogen) atoms. The van der Waals surface area contributed by atoms with Gasteiger partial charge in [0.2, 0.25) is 5.91 Å². The van der Waals surface area contributed by atoms with E-state index in [4.69, 9.17) is 0 Å². The van der Waals surface area contributed by atoms with Gasteiger partial charge in [0.15, 0.2) is 0 Å². The van der Waals surface area contributed by atoms with Crippen molar-refractivity contribution in [2.24, 2.45) is 5.92 Å². The summed E-state index contributed by atoms with van der Waals surface area (Å²) < 4.78 is 0. The molecular weight excluding hydrogens is 328 g/mol. The van der Waals surface area contributed by atoms with Gasteiger partial charge in [-0.05, 0) is 50.3 Å². The Balaban J connectivity index is 1.60. The Bertz CT molecular complexity index is 714. The lowest BCUT2D eigenvalue weighted by Gasteiger charge is -2.32. The molecule has 1 heterocycles. The second-order valence-corrected chi connectivity index (χ2v) is 7.60. The standard InChI is InChI=1S/C21H26N2OS/c1-16-9-11-17(12-10-16)14-23-13-5-6-18(15-23)21(24)22-19-7-3-4-8-20(19)25-2/h3-4,7-12,18H,5-6,13-15H2,1-2H3,(H,22,24). The van der Waals surface area contributed by atoms with Gasteiger partial charge in [-0.25, -0.2) is 0 Å². The molecule has 2 aromatic carbocycles. The SMILES string of the molecule is CSc1ccccc1NC(=O)C1CCCN(Cc2ccc(C)cc2)C1. The minimum atomic E-state index is 0.0640. The highest BCUT2D eigenvalue weighted by atomic mass is 32.2. The molecule has 1 aliphatic heterocycles. The van der Waals surface area contributed by atoms with Crippen LogP contribution in [0.2, 0.25) is 0 Å². The molecule has 1 fully saturated rings. The Morgan fingerprint density at radius 3 is 2.72 bits per heavy atom. The van der Waals surface area contributed by atoms with Gasteiger partial charge < -0.3 is 5.32 Å². The van der Waals surface area contributed by atoms with Gasteiger partial charge in [0.25, 0.3) is 0 Å². The number of piperidine rings is 1. The van der Waals surface area contributed by atoms with Crippen LogP contribution in [-0.4, -0.2) is 30.2 Å². The van der Waals surface area contributed by atoms with Gasteiger partial charge >= 0.3 is 0 Å². The Kier molecular flexibility index (Phi) is 6.16. The second kappa shape index (κ2) is 8.54. The number of para-hydroxylation sites is 1. The predicted octanol–water partition coefficient (Wildman–Crippen LogP) is 4.57. The van der Waals surface area contributed by atoms with Crippen molar-refractivity contribution in [1.82, 2.24) is 4.90 Å². The quantitative estimate of drug-likeness (QED) is 0.799. The first kappa shape index (κ1) is 18.0. The van der Waals surface area contributed by atoms with E-state index in [2.05, 4.69) is 41.4 Å². The highest BCUT2D eigenvalue weighted by Crippen LogP contribution is 2.26. The minimum Gasteiger partial charge on any atom is -0.325 e. The van der Waals surface area contributed by atoms with Crippen molar-refractivity contribution in [3.63, 3.8) is 0 Å². The molecule has 1 N–H and O–H groups in total. The third kappa shape index (κ3) is 4.86. The number of thioether (sulfide) groups is 1. The summed E-state index contributed by atoms with van der Waals surface area (Å²) in [6.07, 6.45) is 4.08. The average molecular weight is 355 g/mol. The third-order valence-corrected chi connectivity index (χ3v) is 5.56. The maximum atomic E-state index is 12.7. The minimum absolute atomic E-state index is 0.0640. The smallest absolute Gasteiger partial charge is 0.228 e. The lowest BCUT2D eigenvalue weighted by atomic mass is 9.96. The van der Waals surface area contributed by atoms with Crippen molar-refractivity contribution in [1.29, 1.82) is 0 Å². The molecule has 0 spiro atoms. The van der Waals surface area contributed by atoms with E-state index in [9.17, 15) is 4.79 Å². The number of aryl methyl sites for hydroxylation is 1. The van der Waals surface area contributed by atoms with Gasteiger partial charge in [0, 0.05) is 18.0 Å². The molecule has 4 heteroatoms. The molecule has 2 aromatic rings. The largest absolute Gasteiger partial charge is 0.325 e. The highest BCUT2D eigenvalue weighted by molar-refractivity contribution is 7.98. The summed E-state index contributed by atoms with van der Waals surface area (Å²) in [5, 5.41) is 3.14. The molecular formula is C21H26N2OS. The summed E-state index contributed by atoms with van der Waals surface area (Å²) in [6.45, 7) is 4.93. The van der Waals surface area contributed by atoms with Crippen LogP contribution in [0, 0.1) is 12.8 Å². The lowest BCUT2D eigenvalue weighted by Crippen LogP contribution is -2.40. The molecule has 132 valence electrons. The van der Waals surface area contributed by atoms with Gasteiger partial charge in [-0.3, -0.25) is 9.69 Å². The zero-order valence-corrected chi connectivity index (χ0v) is 15.8. The van der Waals surface area contributed by atoms with Gasteiger partial charge in [0.05, 0.1) is 11.6 Å². The van der Waals surface area contributed by atoms with E-state index in [0.29, 0.717) is 0 Å². The number of hydrogen-bond acceptors (Lipinski definition) is 3. The average Bonchev–Trinajstić information content (AvgIpc) is 2.64. The maximum absolute atomic E-state index is 12.7. The van der Waals surface area contributed by atoms with Crippen molar-refractivity contribution in [2.45, 2.75) is 31.2 Å². The van der Waals surface area contributed by atoms with E-state index in [0.717, 1.165) is 43.1 Å². The van der Waals surface area contributed by atoms with Crippen molar-refractivity contribution in [3.8, 4) is 0 Å². The van der Waals surface area contributed by atoms with Gasteiger partial charge in [-0.2, -0.15) is 0 Å². The maximum Gasteiger partial charge on any atom is 0.228 e. The first-order valence-electron chi connectivity index (χ1n) is 8.87. The monoisotopic (exact) mass is 354 g/mol. The van der Waals surface area contributed by atoms with Gasteiger partial charge in [-0.15, -0.1) is 11.8 Å². The number of hydrogen-bond donors (Lipinski definition) is 1. The van der Waals surface area contributed by atoms with Crippen LogP contribution < -0.4 is 5.32 Å². The fourth-order valence-electron chi connectivity index (χ4n) is 3.35. The van der Waals surface area contributed by atoms with Crippen LogP contribution >= 0.6 is 11.8 Å². The number of carbonyl (C=O) groups excluding carboxylic acids is 1. The van der Waals surface area contributed by atoms with E-state index in [-0.39, 0.29) is 11.8 Å².